The molecule has 7 heteroatoms. The number of hydrogen-bond donors (Lipinski definition) is 1. The van der Waals surface area contributed by atoms with Gasteiger partial charge in [0.2, 0.25) is 0 Å². The number of piperidine rings is 1. The number of methoxy groups -OCH3 is 1. The van der Waals surface area contributed by atoms with Gasteiger partial charge in [0.15, 0.2) is 11.6 Å². The minimum absolute atomic E-state index is 0.0312. The van der Waals surface area contributed by atoms with Crippen molar-refractivity contribution in [3.63, 3.8) is 0 Å². The summed E-state index contributed by atoms with van der Waals surface area (Å²) >= 11 is 0. The third-order valence-corrected chi connectivity index (χ3v) is 3.63. The number of nitrogens with zero attached hydrogens (tertiary/aromatic N) is 2. The first-order valence-electron chi connectivity index (χ1n) is 6.33. The average Bonchev–Trinajstić information content (AvgIpc) is 2.39. The van der Waals surface area contributed by atoms with Gasteiger partial charge in [-0.3, -0.25) is 10.1 Å². The van der Waals surface area contributed by atoms with Gasteiger partial charge >= 0.3 is 5.69 Å². The van der Waals surface area contributed by atoms with Gasteiger partial charge in [-0.1, -0.05) is 0 Å². The van der Waals surface area contributed by atoms with Crippen LogP contribution in [0.4, 0.5) is 15.8 Å². The molecule has 110 valence electrons. The Hall–Kier alpha value is -1.89. The highest BCUT2D eigenvalue weighted by Crippen LogP contribution is 2.36. The molecule has 1 fully saturated rings. The zero-order valence-corrected chi connectivity index (χ0v) is 11.4. The van der Waals surface area contributed by atoms with Crippen LogP contribution >= 0.6 is 0 Å². The number of hydrogen-bond acceptors (Lipinski definition) is 5. The van der Waals surface area contributed by atoms with Crippen LogP contribution in [0.5, 0.6) is 5.75 Å². The van der Waals surface area contributed by atoms with E-state index in [1.807, 2.05) is 0 Å². The molecule has 2 rings (SSSR count). The molecule has 0 spiro atoms. The molecule has 0 aromatic heterocycles. The summed E-state index contributed by atoms with van der Waals surface area (Å²) in [6.07, 6.45) is 1.04. The van der Waals surface area contributed by atoms with E-state index in [4.69, 9.17) is 4.74 Å². The zero-order valence-electron chi connectivity index (χ0n) is 11.4. The molecular weight excluding hydrogens is 267 g/mol. The molecule has 0 aliphatic carbocycles. The van der Waals surface area contributed by atoms with Crippen molar-refractivity contribution in [2.24, 2.45) is 0 Å². The topological polar surface area (TPSA) is 75.8 Å². The number of nitro benzene ring substituents is 1. The summed E-state index contributed by atoms with van der Waals surface area (Å²) < 4.78 is 19.0. The third kappa shape index (κ3) is 2.82. The molecule has 20 heavy (non-hydrogen) atoms. The van der Waals surface area contributed by atoms with Crippen molar-refractivity contribution in [1.82, 2.24) is 0 Å². The Kier molecular flexibility index (Phi) is 3.80. The van der Waals surface area contributed by atoms with Gasteiger partial charge in [0.05, 0.1) is 29.4 Å². The lowest BCUT2D eigenvalue weighted by molar-refractivity contribution is -0.385. The number of anilines is 1. The number of halogens is 1. The molecule has 0 unspecified atom stereocenters. The van der Waals surface area contributed by atoms with Crippen LogP contribution in [-0.2, 0) is 0 Å². The summed E-state index contributed by atoms with van der Waals surface area (Å²) in [5.74, 6) is -0.622. The summed E-state index contributed by atoms with van der Waals surface area (Å²) in [7, 11) is 1.31. The second-order valence-electron chi connectivity index (χ2n) is 5.22. The lowest BCUT2D eigenvalue weighted by atomic mass is 9.93. The van der Waals surface area contributed by atoms with E-state index in [1.54, 1.807) is 11.8 Å². The lowest BCUT2D eigenvalue weighted by Crippen LogP contribution is -2.42. The lowest BCUT2D eigenvalue weighted by Gasteiger charge is -2.37. The van der Waals surface area contributed by atoms with E-state index >= 15 is 0 Å². The molecule has 0 bridgehead atoms. The average molecular weight is 284 g/mol. The Labute approximate surface area is 115 Å². The van der Waals surface area contributed by atoms with Crippen LogP contribution in [0, 0.1) is 15.9 Å². The summed E-state index contributed by atoms with van der Waals surface area (Å²) in [5, 5.41) is 20.7. The summed E-state index contributed by atoms with van der Waals surface area (Å²) in [6, 6.07) is 2.22. The van der Waals surface area contributed by atoms with Crippen molar-refractivity contribution in [2.45, 2.75) is 25.4 Å². The monoisotopic (exact) mass is 284 g/mol. The van der Waals surface area contributed by atoms with E-state index in [-0.39, 0.29) is 11.4 Å². The Bertz CT molecular complexity index is 523. The molecule has 6 nitrogen and oxygen atoms in total. The van der Waals surface area contributed by atoms with E-state index in [1.165, 1.54) is 13.2 Å². The number of ether oxygens (including phenoxy) is 1. The predicted molar refractivity (Wildman–Crippen MR) is 71.7 cm³/mol. The van der Waals surface area contributed by atoms with Crippen LogP contribution in [0.15, 0.2) is 12.1 Å². The number of rotatable bonds is 3. The largest absolute Gasteiger partial charge is 0.490 e. The van der Waals surface area contributed by atoms with Gasteiger partial charge in [0.25, 0.3) is 0 Å². The summed E-state index contributed by atoms with van der Waals surface area (Å²) in [4.78, 5) is 11.9. The van der Waals surface area contributed by atoms with Crippen molar-refractivity contribution < 1.29 is 19.2 Å². The SMILES string of the molecule is COc1cc(N2CCC(C)(O)CC2)c(F)cc1[N+](=O)[O-]. The third-order valence-electron chi connectivity index (χ3n) is 3.63. The number of aliphatic hydroxyl groups is 1. The molecular formula is C13H17FN2O4. The van der Waals surface area contributed by atoms with Gasteiger partial charge in [-0.05, 0) is 19.8 Å². The fourth-order valence-corrected chi connectivity index (χ4v) is 2.31. The molecule has 1 aromatic carbocycles. The van der Waals surface area contributed by atoms with Crippen molar-refractivity contribution in [2.75, 3.05) is 25.1 Å². The Morgan fingerprint density at radius 1 is 1.45 bits per heavy atom. The van der Waals surface area contributed by atoms with Gasteiger partial charge in [-0.15, -0.1) is 0 Å². The van der Waals surface area contributed by atoms with Gasteiger partial charge in [-0.2, -0.15) is 0 Å². The maximum atomic E-state index is 14.0. The van der Waals surface area contributed by atoms with Crippen LogP contribution < -0.4 is 9.64 Å². The van der Waals surface area contributed by atoms with Gasteiger partial charge in [-0.25, -0.2) is 4.39 Å². The normalized spacial score (nSPS) is 17.9. The molecule has 1 heterocycles. The molecule has 1 aliphatic rings. The van der Waals surface area contributed by atoms with Crippen LogP contribution in [-0.4, -0.2) is 35.8 Å². The second-order valence-corrected chi connectivity index (χ2v) is 5.22. The highest BCUT2D eigenvalue weighted by Gasteiger charge is 2.30. The van der Waals surface area contributed by atoms with E-state index in [9.17, 15) is 19.6 Å². The van der Waals surface area contributed by atoms with Gasteiger partial charge < -0.3 is 14.7 Å². The number of nitro groups is 1. The maximum absolute atomic E-state index is 14.0. The quantitative estimate of drug-likeness (QED) is 0.679. The molecule has 0 saturated carbocycles. The Morgan fingerprint density at radius 3 is 2.55 bits per heavy atom. The highest BCUT2D eigenvalue weighted by molar-refractivity contribution is 5.60. The van der Waals surface area contributed by atoms with Crippen LogP contribution in [0.2, 0.25) is 0 Å². The standard InChI is InChI=1S/C13H17FN2O4/c1-13(17)3-5-15(6-4-13)10-8-12(20-2)11(16(18)19)7-9(10)14/h7-8,17H,3-6H2,1-2H3. The first-order chi connectivity index (χ1) is 9.34. The Morgan fingerprint density at radius 2 is 2.05 bits per heavy atom. The van der Waals surface area contributed by atoms with E-state index < -0.39 is 22.0 Å². The molecule has 1 aromatic rings. The second kappa shape index (κ2) is 5.24. The van der Waals surface area contributed by atoms with E-state index in [2.05, 4.69) is 0 Å². The number of benzene rings is 1. The molecule has 1 N–H and O–H groups in total. The van der Waals surface area contributed by atoms with Crippen molar-refractivity contribution in [3.05, 3.63) is 28.1 Å². The molecule has 0 radical (unpaired) electrons. The fraction of sp³-hybridized carbons (Fsp3) is 0.538. The van der Waals surface area contributed by atoms with Gasteiger partial charge in [0, 0.05) is 19.2 Å². The molecule has 0 atom stereocenters. The molecule has 1 saturated heterocycles. The minimum Gasteiger partial charge on any atom is -0.490 e. The smallest absolute Gasteiger partial charge is 0.313 e. The Balaban J connectivity index is 2.31. The van der Waals surface area contributed by atoms with Crippen LogP contribution in [0.3, 0.4) is 0 Å². The summed E-state index contributed by atoms with van der Waals surface area (Å²) in [5.41, 5.74) is -0.863. The van der Waals surface area contributed by atoms with E-state index in [0.717, 1.165) is 6.07 Å². The maximum Gasteiger partial charge on any atom is 0.313 e. The highest BCUT2D eigenvalue weighted by atomic mass is 19.1. The molecule has 0 amide bonds. The van der Waals surface area contributed by atoms with Crippen LogP contribution in [0.25, 0.3) is 0 Å². The minimum atomic E-state index is -0.738. The molecule has 1 aliphatic heterocycles. The zero-order chi connectivity index (χ0) is 14.9. The fourth-order valence-electron chi connectivity index (χ4n) is 2.31. The summed E-state index contributed by atoms with van der Waals surface area (Å²) in [6.45, 7) is 2.73. The van der Waals surface area contributed by atoms with Crippen molar-refractivity contribution in [1.29, 1.82) is 0 Å². The van der Waals surface area contributed by atoms with Crippen molar-refractivity contribution >= 4 is 11.4 Å². The first kappa shape index (κ1) is 14.5. The van der Waals surface area contributed by atoms with Crippen LogP contribution in [0.1, 0.15) is 19.8 Å². The van der Waals surface area contributed by atoms with Gasteiger partial charge in [0.1, 0.15) is 0 Å². The first-order valence-corrected chi connectivity index (χ1v) is 6.33. The van der Waals surface area contributed by atoms with Crippen molar-refractivity contribution in [3.8, 4) is 5.75 Å². The van der Waals surface area contributed by atoms with E-state index in [0.29, 0.717) is 25.9 Å². The predicted octanol–water partition coefficient (Wildman–Crippen LogP) is 2.09.